The first-order valence-corrected chi connectivity index (χ1v) is 8.61. The molecule has 3 heterocycles. The van der Waals surface area contributed by atoms with E-state index in [9.17, 15) is 19.8 Å². The molecule has 8 heteroatoms. The maximum atomic E-state index is 12.3. The number of aliphatic carboxylic acids is 1. The van der Waals surface area contributed by atoms with Crippen molar-refractivity contribution in [3.05, 3.63) is 10.6 Å². The fourth-order valence-corrected chi connectivity index (χ4v) is 4.88. The van der Waals surface area contributed by atoms with Crippen molar-refractivity contribution in [3.8, 4) is 0 Å². The van der Waals surface area contributed by atoms with Crippen molar-refractivity contribution < 1.29 is 19.8 Å². The summed E-state index contributed by atoms with van der Waals surface area (Å²) < 4.78 is 0. The molecule has 1 fully saturated rings. The molecule has 1 amide bonds. The number of aliphatic hydroxyl groups is 1. The zero-order chi connectivity index (χ0) is 16.9. The first kappa shape index (κ1) is 16.3. The first-order chi connectivity index (χ1) is 10.8. The van der Waals surface area contributed by atoms with Crippen LogP contribution in [0.3, 0.4) is 0 Å². The van der Waals surface area contributed by atoms with Crippen molar-refractivity contribution >= 4 is 29.5 Å². The van der Waals surface area contributed by atoms with Crippen molar-refractivity contribution in [1.29, 1.82) is 0 Å². The highest BCUT2D eigenvalue weighted by molar-refractivity contribution is 8.03. The molecule has 5 atom stereocenters. The van der Waals surface area contributed by atoms with Crippen LogP contribution in [0.1, 0.15) is 20.8 Å². The van der Waals surface area contributed by atoms with Crippen LogP contribution >= 0.6 is 11.8 Å². The predicted octanol–water partition coefficient (Wildman–Crippen LogP) is 0.263. The molecule has 0 spiro atoms. The number of amides is 1. The van der Waals surface area contributed by atoms with E-state index < -0.39 is 18.0 Å². The second-order valence-corrected chi connectivity index (χ2v) is 7.66. The van der Waals surface area contributed by atoms with Crippen LogP contribution in [-0.4, -0.2) is 63.3 Å². The molecule has 23 heavy (non-hydrogen) atoms. The molecular formula is C15H21N3O4S. The third-order valence-corrected chi connectivity index (χ3v) is 6.19. The van der Waals surface area contributed by atoms with Gasteiger partial charge in [0.05, 0.1) is 30.4 Å². The van der Waals surface area contributed by atoms with Gasteiger partial charge in [-0.2, -0.15) is 0 Å². The van der Waals surface area contributed by atoms with Gasteiger partial charge in [-0.05, 0) is 13.8 Å². The molecule has 0 aromatic rings. The Morgan fingerprint density at radius 1 is 1.52 bits per heavy atom. The van der Waals surface area contributed by atoms with E-state index >= 15 is 0 Å². The van der Waals surface area contributed by atoms with E-state index in [1.165, 1.54) is 16.7 Å². The lowest BCUT2D eigenvalue weighted by Crippen LogP contribution is -2.63. The molecule has 126 valence electrons. The Labute approximate surface area is 138 Å². The zero-order valence-corrected chi connectivity index (χ0v) is 14.1. The number of fused-ring (bicyclic) bond motifs is 1. The number of hydrogen-bond acceptors (Lipinski definition) is 6. The number of aliphatic hydroxyl groups excluding tert-OH is 1. The Kier molecular flexibility index (Phi) is 4.14. The molecule has 3 rings (SSSR count). The lowest BCUT2D eigenvalue weighted by Gasteiger charge is -2.46. The van der Waals surface area contributed by atoms with Gasteiger partial charge in [-0.15, -0.1) is 11.8 Å². The summed E-state index contributed by atoms with van der Waals surface area (Å²) in [5.41, 5.74) is 0.0840. The Morgan fingerprint density at radius 2 is 2.22 bits per heavy atom. The first-order valence-electron chi connectivity index (χ1n) is 7.73. The highest BCUT2D eigenvalue weighted by Gasteiger charge is 2.60. The van der Waals surface area contributed by atoms with Crippen molar-refractivity contribution in [3.63, 3.8) is 0 Å². The fourth-order valence-electron chi connectivity index (χ4n) is 3.56. The van der Waals surface area contributed by atoms with Crippen molar-refractivity contribution in [2.24, 2.45) is 16.8 Å². The van der Waals surface area contributed by atoms with Crippen LogP contribution < -0.4 is 5.32 Å². The third kappa shape index (κ3) is 2.53. The van der Waals surface area contributed by atoms with Gasteiger partial charge >= 0.3 is 5.97 Å². The van der Waals surface area contributed by atoms with Gasteiger partial charge in [0.1, 0.15) is 5.70 Å². The summed E-state index contributed by atoms with van der Waals surface area (Å²) in [7, 11) is 0. The standard InChI is InChI=1S/C15H21N3O4S/c1-6-11-10(7(2)19)14(20)18(11)12(15(21)22)13(6)23-9-4-16-8(3)17-5-9/h6-7,9-11,19H,4-5H2,1-3H3,(H,16,17)(H,21,22)/t6?,7?,10?,11-/m1/s1. The van der Waals surface area contributed by atoms with Crippen LogP contribution in [0.15, 0.2) is 15.6 Å². The van der Waals surface area contributed by atoms with Gasteiger partial charge in [0, 0.05) is 22.6 Å². The van der Waals surface area contributed by atoms with E-state index in [1.54, 1.807) is 6.92 Å². The molecule has 3 N–H and O–H groups in total. The minimum absolute atomic E-state index is 0.0840. The number of carboxylic acid groups (broad SMARTS) is 1. The summed E-state index contributed by atoms with van der Waals surface area (Å²) in [4.78, 5) is 30.4. The number of amidine groups is 1. The molecule has 3 aliphatic rings. The second kappa shape index (κ2) is 5.83. The van der Waals surface area contributed by atoms with Crippen LogP contribution in [0.5, 0.6) is 0 Å². The van der Waals surface area contributed by atoms with E-state index in [0.717, 1.165) is 17.3 Å². The van der Waals surface area contributed by atoms with Gasteiger partial charge in [0.15, 0.2) is 0 Å². The largest absolute Gasteiger partial charge is 0.477 e. The quantitative estimate of drug-likeness (QED) is 0.635. The summed E-state index contributed by atoms with van der Waals surface area (Å²) in [6.45, 7) is 6.77. The molecular weight excluding hydrogens is 318 g/mol. The van der Waals surface area contributed by atoms with Crippen LogP contribution in [0.4, 0.5) is 0 Å². The van der Waals surface area contributed by atoms with Gasteiger partial charge in [-0.3, -0.25) is 9.79 Å². The number of carbonyl (C=O) groups excluding carboxylic acids is 1. The number of rotatable bonds is 4. The number of aliphatic imine (C=N–C) groups is 1. The molecule has 0 saturated carbocycles. The summed E-state index contributed by atoms with van der Waals surface area (Å²) in [5, 5.41) is 22.7. The molecule has 7 nitrogen and oxygen atoms in total. The highest BCUT2D eigenvalue weighted by atomic mass is 32.2. The summed E-state index contributed by atoms with van der Waals surface area (Å²) in [5.74, 6) is -1.08. The minimum Gasteiger partial charge on any atom is -0.477 e. The Bertz CT molecular complexity index is 616. The maximum absolute atomic E-state index is 12.3. The lowest BCUT2D eigenvalue weighted by molar-refractivity contribution is -0.163. The van der Waals surface area contributed by atoms with E-state index in [1.807, 2.05) is 13.8 Å². The Morgan fingerprint density at radius 3 is 2.74 bits per heavy atom. The molecule has 1 saturated heterocycles. The number of carboxylic acids is 1. The van der Waals surface area contributed by atoms with Gasteiger partial charge in [0.2, 0.25) is 5.91 Å². The van der Waals surface area contributed by atoms with E-state index in [-0.39, 0.29) is 28.8 Å². The maximum Gasteiger partial charge on any atom is 0.353 e. The van der Waals surface area contributed by atoms with Crippen LogP contribution in [0.2, 0.25) is 0 Å². The molecule has 0 aromatic heterocycles. The van der Waals surface area contributed by atoms with Crippen LogP contribution in [0, 0.1) is 11.8 Å². The van der Waals surface area contributed by atoms with Gasteiger partial charge in [-0.25, -0.2) is 4.79 Å². The number of nitrogens with zero attached hydrogens (tertiary/aromatic N) is 2. The lowest BCUT2D eigenvalue weighted by atomic mass is 9.79. The molecule has 0 bridgehead atoms. The molecule has 0 aliphatic carbocycles. The Balaban J connectivity index is 1.86. The van der Waals surface area contributed by atoms with Crippen molar-refractivity contribution in [1.82, 2.24) is 10.2 Å². The summed E-state index contributed by atoms with van der Waals surface area (Å²) >= 11 is 1.49. The van der Waals surface area contributed by atoms with Crippen molar-refractivity contribution in [2.75, 3.05) is 13.1 Å². The molecule has 3 aliphatic heterocycles. The topological polar surface area (TPSA) is 102 Å². The smallest absolute Gasteiger partial charge is 0.353 e. The average Bonchev–Trinajstić information content (AvgIpc) is 2.71. The molecule has 0 aromatic carbocycles. The average molecular weight is 339 g/mol. The number of carbonyl (C=O) groups is 2. The SMILES string of the molecule is CC1=NCC(SC2=C(C(=O)O)N3C(=O)C(C(C)O)[C@H]3C2C)CN1. The number of hydrogen-bond donors (Lipinski definition) is 3. The van der Waals surface area contributed by atoms with E-state index in [4.69, 9.17) is 0 Å². The van der Waals surface area contributed by atoms with Gasteiger partial charge in [0.25, 0.3) is 0 Å². The van der Waals surface area contributed by atoms with E-state index in [0.29, 0.717) is 6.54 Å². The summed E-state index contributed by atoms with van der Waals surface area (Å²) in [6, 6.07) is -0.252. The molecule has 4 unspecified atom stereocenters. The fraction of sp³-hybridized carbons (Fsp3) is 0.667. The second-order valence-electron chi connectivity index (χ2n) is 6.32. The molecule has 0 radical (unpaired) electrons. The zero-order valence-electron chi connectivity index (χ0n) is 13.3. The van der Waals surface area contributed by atoms with Crippen molar-refractivity contribution in [2.45, 2.75) is 38.2 Å². The number of thioether (sulfide) groups is 1. The van der Waals surface area contributed by atoms with Gasteiger partial charge in [-0.1, -0.05) is 6.92 Å². The monoisotopic (exact) mass is 339 g/mol. The third-order valence-electron chi connectivity index (χ3n) is 4.72. The predicted molar refractivity (Wildman–Crippen MR) is 87.0 cm³/mol. The Hall–Kier alpha value is -1.54. The number of nitrogens with one attached hydrogen (secondary N) is 1. The van der Waals surface area contributed by atoms with E-state index in [2.05, 4.69) is 10.3 Å². The van der Waals surface area contributed by atoms with Gasteiger partial charge < -0.3 is 20.4 Å². The normalized spacial score (nSPS) is 34.5. The summed E-state index contributed by atoms with van der Waals surface area (Å²) in [6.07, 6.45) is -0.769. The highest BCUT2D eigenvalue weighted by Crippen LogP contribution is 2.51. The minimum atomic E-state index is -1.08. The van der Waals surface area contributed by atoms with Crippen LogP contribution in [-0.2, 0) is 9.59 Å². The number of β-lactam (4-membered cyclic amide) rings is 1. The van der Waals surface area contributed by atoms with Crippen LogP contribution in [0.25, 0.3) is 0 Å².